The van der Waals surface area contributed by atoms with E-state index in [2.05, 4.69) is 21.2 Å². The first-order valence-electron chi connectivity index (χ1n) is 5.20. The van der Waals surface area contributed by atoms with E-state index in [1.807, 2.05) is 20.0 Å². The third kappa shape index (κ3) is 2.68. The molecule has 0 aliphatic rings. The van der Waals surface area contributed by atoms with Gasteiger partial charge in [-0.3, -0.25) is 0 Å². The number of nitrogens with one attached hydrogen (secondary N) is 1. The third-order valence-corrected chi connectivity index (χ3v) is 3.36. The van der Waals surface area contributed by atoms with Crippen LogP contribution >= 0.6 is 15.9 Å². The molecule has 1 aromatic carbocycles. The molecule has 1 aromatic rings. The Morgan fingerprint density at radius 2 is 2.00 bits per heavy atom. The summed E-state index contributed by atoms with van der Waals surface area (Å²) in [5.41, 5.74) is 2.21. The van der Waals surface area contributed by atoms with Gasteiger partial charge in [-0.2, -0.15) is 0 Å². The first kappa shape index (κ1) is 13.3. The number of methoxy groups -OCH3 is 2. The van der Waals surface area contributed by atoms with Crippen LogP contribution in [0.3, 0.4) is 0 Å². The second-order valence-electron chi connectivity index (χ2n) is 3.58. The van der Waals surface area contributed by atoms with E-state index < -0.39 is 0 Å². The molecule has 0 heterocycles. The Hall–Kier alpha value is -0.740. The van der Waals surface area contributed by atoms with Crippen LogP contribution in [0.1, 0.15) is 11.1 Å². The van der Waals surface area contributed by atoms with E-state index in [0.717, 1.165) is 40.1 Å². The van der Waals surface area contributed by atoms with Crippen LogP contribution in [0.5, 0.6) is 11.5 Å². The molecule has 0 saturated heterocycles. The zero-order chi connectivity index (χ0) is 12.1. The van der Waals surface area contributed by atoms with Crippen molar-refractivity contribution in [2.45, 2.75) is 13.3 Å². The first-order chi connectivity index (χ1) is 7.65. The van der Waals surface area contributed by atoms with E-state index in [0.29, 0.717) is 0 Å². The van der Waals surface area contributed by atoms with Crippen molar-refractivity contribution in [3.05, 3.63) is 21.7 Å². The molecule has 1 rings (SSSR count). The van der Waals surface area contributed by atoms with E-state index in [1.165, 1.54) is 0 Å². The number of rotatable bonds is 5. The van der Waals surface area contributed by atoms with Crippen LogP contribution in [-0.2, 0) is 6.42 Å². The third-order valence-electron chi connectivity index (χ3n) is 2.52. The molecule has 0 spiro atoms. The lowest BCUT2D eigenvalue weighted by Gasteiger charge is -2.16. The summed E-state index contributed by atoms with van der Waals surface area (Å²) >= 11 is 3.58. The molecule has 0 radical (unpaired) electrons. The summed E-state index contributed by atoms with van der Waals surface area (Å²) in [6.07, 6.45) is 0.900. The SMILES string of the molecule is CNCCc1c(OC)cc(C)c(OC)c1Br. The molecule has 0 fully saturated rings. The van der Waals surface area contributed by atoms with Crippen molar-refractivity contribution in [2.24, 2.45) is 0 Å². The molecule has 0 atom stereocenters. The van der Waals surface area contributed by atoms with E-state index in [-0.39, 0.29) is 0 Å². The van der Waals surface area contributed by atoms with Crippen LogP contribution in [-0.4, -0.2) is 27.8 Å². The molecular formula is C12H18BrNO2. The van der Waals surface area contributed by atoms with Gasteiger partial charge in [-0.05, 0) is 54.5 Å². The second kappa shape index (κ2) is 6.11. The Kier molecular flexibility index (Phi) is 5.09. The summed E-state index contributed by atoms with van der Waals surface area (Å²) in [7, 11) is 5.31. The molecule has 16 heavy (non-hydrogen) atoms. The summed E-state index contributed by atoms with van der Waals surface area (Å²) in [6, 6.07) is 2.01. The van der Waals surface area contributed by atoms with Crippen molar-refractivity contribution in [3.63, 3.8) is 0 Å². The zero-order valence-electron chi connectivity index (χ0n) is 10.2. The Morgan fingerprint density at radius 3 is 2.50 bits per heavy atom. The highest BCUT2D eigenvalue weighted by molar-refractivity contribution is 9.10. The Labute approximate surface area is 105 Å². The molecule has 0 aromatic heterocycles. The Morgan fingerprint density at radius 1 is 1.31 bits per heavy atom. The average molecular weight is 288 g/mol. The lowest BCUT2D eigenvalue weighted by molar-refractivity contribution is 0.393. The fraction of sp³-hybridized carbons (Fsp3) is 0.500. The highest BCUT2D eigenvalue weighted by Crippen LogP contribution is 2.38. The molecule has 4 heteroatoms. The van der Waals surface area contributed by atoms with Gasteiger partial charge in [0.05, 0.1) is 18.7 Å². The van der Waals surface area contributed by atoms with Crippen LogP contribution in [0.4, 0.5) is 0 Å². The van der Waals surface area contributed by atoms with Gasteiger partial charge in [0.25, 0.3) is 0 Å². The summed E-state index contributed by atoms with van der Waals surface area (Å²) in [6.45, 7) is 2.91. The van der Waals surface area contributed by atoms with Gasteiger partial charge >= 0.3 is 0 Å². The number of aryl methyl sites for hydroxylation is 1. The fourth-order valence-corrected chi connectivity index (χ4v) is 2.55. The van der Waals surface area contributed by atoms with Gasteiger partial charge < -0.3 is 14.8 Å². The van der Waals surface area contributed by atoms with Crippen LogP contribution in [0.2, 0.25) is 0 Å². The summed E-state index contributed by atoms with van der Waals surface area (Å²) < 4.78 is 11.8. The van der Waals surface area contributed by atoms with Crippen molar-refractivity contribution < 1.29 is 9.47 Å². The van der Waals surface area contributed by atoms with Crippen molar-refractivity contribution in [1.29, 1.82) is 0 Å². The summed E-state index contributed by atoms with van der Waals surface area (Å²) in [5.74, 6) is 1.78. The van der Waals surface area contributed by atoms with Crippen LogP contribution in [0.15, 0.2) is 10.5 Å². The number of halogens is 1. The van der Waals surface area contributed by atoms with E-state index in [1.54, 1.807) is 14.2 Å². The predicted molar refractivity (Wildman–Crippen MR) is 69.6 cm³/mol. The zero-order valence-corrected chi connectivity index (χ0v) is 11.8. The maximum absolute atomic E-state index is 5.39. The van der Waals surface area contributed by atoms with Gasteiger partial charge in [0.15, 0.2) is 0 Å². The molecule has 0 aliphatic heterocycles. The maximum atomic E-state index is 5.39. The molecule has 0 unspecified atom stereocenters. The minimum atomic E-state index is 0.881. The van der Waals surface area contributed by atoms with E-state index in [9.17, 15) is 0 Å². The number of ether oxygens (including phenoxy) is 2. The molecule has 0 saturated carbocycles. The first-order valence-corrected chi connectivity index (χ1v) is 5.99. The molecule has 0 amide bonds. The van der Waals surface area contributed by atoms with Crippen LogP contribution in [0.25, 0.3) is 0 Å². The van der Waals surface area contributed by atoms with Crippen molar-refractivity contribution in [2.75, 3.05) is 27.8 Å². The second-order valence-corrected chi connectivity index (χ2v) is 4.37. The quantitative estimate of drug-likeness (QED) is 0.903. The number of hydrogen-bond donors (Lipinski definition) is 1. The van der Waals surface area contributed by atoms with Crippen molar-refractivity contribution >= 4 is 15.9 Å². The van der Waals surface area contributed by atoms with Gasteiger partial charge in [-0.1, -0.05) is 0 Å². The van der Waals surface area contributed by atoms with E-state index >= 15 is 0 Å². The van der Waals surface area contributed by atoms with Crippen LogP contribution in [0, 0.1) is 6.92 Å². The van der Waals surface area contributed by atoms with Gasteiger partial charge in [0.2, 0.25) is 0 Å². The number of likely N-dealkylation sites (N-methyl/N-ethyl adjacent to an activating group) is 1. The molecule has 3 nitrogen and oxygen atoms in total. The van der Waals surface area contributed by atoms with Crippen molar-refractivity contribution in [3.8, 4) is 11.5 Å². The monoisotopic (exact) mass is 287 g/mol. The topological polar surface area (TPSA) is 30.5 Å². The minimum Gasteiger partial charge on any atom is -0.496 e. The Bertz CT molecular complexity index is 367. The number of hydrogen-bond acceptors (Lipinski definition) is 3. The van der Waals surface area contributed by atoms with E-state index in [4.69, 9.17) is 9.47 Å². The average Bonchev–Trinajstić information content (AvgIpc) is 2.28. The minimum absolute atomic E-state index is 0.881. The fourth-order valence-electron chi connectivity index (χ4n) is 1.68. The highest BCUT2D eigenvalue weighted by Gasteiger charge is 2.15. The van der Waals surface area contributed by atoms with Crippen molar-refractivity contribution in [1.82, 2.24) is 5.32 Å². The highest BCUT2D eigenvalue weighted by atomic mass is 79.9. The lowest BCUT2D eigenvalue weighted by atomic mass is 10.1. The number of benzene rings is 1. The van der Waals surface area contributed by atoms with Gasteiger partial charge in [-0.15, -0.1) is 0 Å². The van der Waals surface area contributed by atoms with Gasteiger partial charge in [-0.25, -0.2) is 0 Å². The normalized spacial score (nSPS) is 10.3. The smallest absolute Gasteiger partial charge is 0.136 e. The standard InChI is InChI=1S/C12H18BrNO2/c1-8-7-10(15-3)9(5-6-14-2)11(13)12(8)16-4/h7,14H,5-6H2,1-4H3. The predicted octanol–water partition coefficient (Wildman–Crippen LogP) is 2.54. The molecule has 90 valence electrons. The van der Waals surface area contributed by atoms with Gasteiger partial charge in [0, 0.05) is 5.56 Å². The Balaban J connectivity index is 3.20. The summed E-state index contributed by atoms with van der Waals surface area (Å²) in [4.78, 5) is 0. The molecule has 1 N–H and O–H groups in total. The van der Waals surface area contributed by atoms with Crippen LogP contribution < -0.4 is 14.8 Å². The molecule has 0 aliphatic carbocycles. The largest absolute Gasteiger partial charge is 0.496 e. The molecule has 0 bridgehead atoms. The maximum Gasteiger partial charge on any atom is 0.136 e. The van der Waals surface area contributed by atoms with Gasteiger partial charge in [0.1, 0.15) is 11.5 Å². The summed E-state index contributed by atoms with van der Waals surface area (Å²) in [5, 5.41) is 3.13. The lowest BCUT2D eigenvalue weighted by Crippen LogP contribution is -2.12. The molecular weight excluding hydrogens is 270 g/mol.